The molecule has 0 bridgehead atoms. The van der Waals surface area contributed by atoms with Crippen molar-refractivity contribution < 1.29 is 19.2 Å². The van der Waals surface area contributed by atoms with E-state index >= 15 is 0 Å². The lowest BCUT2D eigenvalue weighted by molar-refractivity contribution is -0.137. The van der Waals surface area contributed by atoms with E-state index in [1.54, 1.807) is 6.92 Å². The highest BCUT2D eigenvalue weighted by Gasteiger charge is 2.09. The van der Waals surface area contributed by atoms with E-state index in [9.17, 15) is 9.59 Å². The lowest BCUT2D eigenvalue weighted by atomic mass is 10.1. The summed E-state index contributed by atoms with van der Waals surface area (Å²) in [5.41, 5.74) is 0. The van der Waals surface area contributed by atoms with Crippen molar-refractivity contribution in [3.63, 3.8) is 0 Å². The Labute approximate surface area is 110 Å². The number of carboxylic acids is 1. The molecular formula is C11H18N4O4. The van der Waals surface area contributed by atoms with Gasteiger partial charge in [0.2, 0.25) is 5.89 Å². The first kappa shape index (κ1) is 14.9. The molecule has 1 aromatic rings. The maximum Gasteiger partial charge on any atom is 0.315 e. The molecule has 0 aliphatic heterocycles. The average Bonchev–Trinajstić information content (AvgIpc) is 2.72. The molecule has 0 saturated heterocycles. The van der Waals surface area contributed by atoms with Gasteiger partial charge in [-0.05, 0) is 26.7 Å². The lowest BCUT2D eigenvalue weighted by Crippen LogP contribution is -2.40. The van der Waals surface area contributed by atoms with Crippen molar-refractivity contribution in [2.75, 3.05) is 0 Å². The predicted molar refractivity (Wildman–Crippen MR) is 65.4 cm³/mol. The number of carbonyl (C=O) groups is 2. The number of rotatable bonds is 7. The van der Waals surface area contributed by atoms with Gasteiger partial charge in [-0.3, -0.25) is 4.79 Å². The molecule has 19 heavy (non-hydrogen) atoms. The molecule has 1 heterocycles. The molecule has 106 valence electrons. The van der Waals surface area contributed by atoms with Gasteiger partial charge in [0.05, 0.1) is 6.54 Å². The number of nitrogens with one attached hydrogen (secondary N) is 2. The quantitative estimate of drug-likeness (QED) is 0.675. The van der Waals surface area contributed by atoms with E-state index in [4.69, 9.17) is 9.63 Å². The molecule has 3 N–H and O–H groups in total. The van der Waals surface area contributed by atoms with E-state index in [1.807, 2.05) is 6.92 Å². The van der Waals surface area contributed by atoms with Crippen LogP contribution in [0.3, 0.4) is 0 Å². The summed E-state index contributed by atoms with van der Waals surface area (Å²) >= 11 is 0. The zero-order valence-electron chi connectivity index (χ0n) is 11.0. The van der Waals surface area contributed by atoms with Gasteiger partial charge in [0.25, 0.3) is 0 Å². The third kappa shape index (κ3) is 6.39. The van der Waals surface area contributed by atoms with E-state index in [1.165, 1.54) is 0 Å². The fourth-order valence-corrected chi connectivity index (χ4v) is 1.47. The summed E-state index contributed by atoms with van der Waals surface area (Å²) in [4.78, 5) is 25.8. The third-order valence-electron chi connectivity index (χ3n) is 2.38. The van der Waals surface area contributed by atoms with Gasteiger partial charge in [-0.1, -0.05) is 5.16 Å². The minimum atomic E-state index is -0.830. The summed E-state index contributed by atoms with van der Waals surface area (Å²) in [6.45, 7) is 3.67. The highest BCUT2D eigenvalue weighted by Crippen LogP contribution is 2.00. The van der Waals surface area contributed by atoms with Crippen LogP contribution in [0.4, 0.5) is 4.79 Å². The monoisotopic (exact) mass is 270 g/mol. The van der Waals surface area contributed by atoms with Crippen molar-refractivity contribution in [1.82, 2.24) is 20.8 Å². The van der Waals surface area contributed by atoms with Crippen molar-refractivity contribution in [3.8, 4) is 0 Å². The van der Waals surface area contributed by atoms with Crippen molar-refractivity contribution in [2.45, 2.75) is 45.7 Å². The van der Waals surface area contributed by atoms with Crippen LogP contribution in [0, 0.1) is 6.92 Å². The minimum absolute atomic E-state index is 0.0937. The van der Waals surface area contributed by atoms with Crippen LogP contribution < -0.4 is 10.6 Å². The lowest BCUT2D eigenvalue weighted by Gasteiger charge is -2.13. The van der Waals surface area contributed by atoms with Crippen LogP contribution in [0.25, 0.3) is 0 Å². The molecule has 0 aliphatic carbocycles. The first-order chi connectivity index (χ1) is 8.97. The van der Waals surface area contributed by atoms with Gasteiger partial charge in [0.15, 0.2) is 5.82 Å². The van der Waals surface area contributed by atoms with E-state index < -0.39 is 5.97 Å². The second-order valence-corrected chi connectivity index (χ2v) is 4.25. The Balaban J connectivity index is 2.17. The maximum atomic E-state index is 11.5. The first-order valence-corrected chi connectivity index (χ1v) is 6.02. The molecule has 2 amide bonds. The first-order valence-electron chi connectivity index (χ1n) is 6.02. The maximum absolute atomic E-state index is 11.5. The summed E-state index contributed by atoms with van der Waals surface area (Å²) in [6.07, 6.45) is 1.24. The SMILES string of the molecule is Cc1noc(CNC(=O)NC(C)CCCC(=O)O)n1. The number of aliphatic carboxylic acids is 1. The molecule has 1 atom stereocenters. The molecule has 0 fully saturated rings. The van der Waals surface area contributed by atoms with Crippen molar-refractivity contribution >= 4 is 12.0 Å². The van der Waals surface area contributed by atoms with Crippen LogP contribution in [0.1, 0.15) is 37.9 Å². The summed E-state index contributed by atoms with van der Waals surface area (Å²) in [5.74, 6) is 0.0221. The molecule has 0 saturated carbocycles. The van der Waals surface area contributed by atoms with E-state index in [0.717, 1.165) is 0 Å². The normalized spacial score (nSPS) is 11.9. The zero-order chi connectivity index (χ0) is 14.3. The Bertz CT molecular complexity index is 432. The van der Waals surface area contributed by atoms with Crippen LogP contribution in [-0.4, -0.2) is 33.3 Å². The number of hydrogen-bond donors (Lipinski definition) is 3. The Hall–Kier alpha value is -2.12. The second-order valence-electron chi connectivity index (χ2n) is 4.25. The number of amides is 2. The second kappa shape index (κ2) is 7.34. The Kier molecular flexibility index (Phi) is 5.77. The van der Waals surface area contributed by atoms with Gasteiger partial charge in [0, 0.05) is 12.5 Å². The minimum Gasteiger partial charge on any atom is -0.481 e. The number of aromatic nitrogens is 2. The standard InChI is InChI=1S/C11H18N4O4/c1-7(4-3-5-10(16)17)13-11(18)12-6-9-14-8(2)15-19-9/h7H,3-6H2,1-2H3,(H,16,17)(H2,12,13,18). The molecule has 8 heteroatoms. The van der Waals surface area contributed by atoms with Crippen LogP contribution in [0.5, 0.6) is 0 Å². The molecule has 0 radical (unpaired) electrons. The highest BCUT2D eigenvalue weighted by molar-refractivity contribution is 5.74. The largest absolute Gasteiger partial charge is 0.481 e. The van der Waals surface area contributed by atoms with Gasteiger partial charge in [0.1, 0.15) is 0 Å². The molecule has 8 nitrogen and oxygen atoms in total. The topological polar surface area (TPSA) is 117 Å². The number of carbonyl (C=O) groups excluding carboxylic acids is 1. The van der Waals surface area contributed by atoms with Crippen LogP contribution in [0.2, 0.25) is 0 Å². The van der Waals surface area contributed by atoms with Crippen molar-refractivity contribution in [2.24, 2.45) is 0 Å². The number of nitrogens with zero attached hydrogens (tertiary/aromatic N) is 2. The van der Waals surface area contributed by atoms with Gasteiger partial charge >= 0.3 is 12.0 Å². The highest BCUT2D eigenvalue weighted by atomic mass is 16.5. The van der Waals surface area contributed by atoms with Crippen LogP contribution in [0.15, 0.2) is 4.52 Å². The Morgan fingerprint density at radius 3 is 2.79 bits per heavy atom. The van der Waals surface area contributed by atoms with Crippen LogP contribution >= 0.6 is 0 Å². The fourth-order valence-electron chi connectivity index (χ4n) is 1.47. The number of aryl methyl sites for hydroxylation is 1. The van der Waals surface area contributed by atoms with E-state index in [-0.39, 0.29) is 25.0 Å². The molecule has 0 aromatic carbocycles. The van der Waals surface area contributed by atoms with Crippen molar-refractivity contribution in [3.05, 3.63) is 11.7 Å². The Morgan fingerprint density at radius 2 is 2.21 bits per heavy atom. The summed E-state index contributed by atoms with van der Waals surface area (Å²) in [5, 5.41) is 17.4. The number of hydrogen-bond acceptors (Lipinski definition) is 5. The van der Waals surface area contributed by atoms with E-state index in [2.05, 4.69) is 20.8 Å². The summed E-state index contributed by atoms with van der Waals surface area (Å²) in [6, 6.07) is -0.442. The average molecular weight is 270 g/mol. The zero-order valence-corrected chi connectivity index (χ0v) is 11.0. The number of urea groups is 1. The molecule has 1 rings (SSSR count). The molecule has 0 spiro atoms. The Morgan fingerprint density at radius 1 is 1.47 bits per heavy atom. The molecule has 1 aromatic heterocycles. The van der Waals surface area contributed by atoms with Crippen LogP contribution in [-0.2, 0) is 11.3 Å². The third-order valence-corrected chi connectivity index (χ3v) is 2.38. The molecule has 1 unspecified atom stereocenters. The molecule has 0 aliphatic rings. The van der Waals surface area contributed by atoms with Gasteiger partial charge in [-0.2, -0.15) is 4.98 Å². The van der Waals surface area contributed by atoms with Gasteiger partial charge < -0.3 is 20.3 Å². The summed E-state index contributed by atoms with van der Waals surface area (Å²) in [7, 11) is 0. The van der Waals surface area contributed by atoms with Gasteiger partial charge in [-0.15, -0.1) is 0 Å². The predicted octanol–water partition coefficient (Wildman–Crippen LogP) is 0.821. The molecular weight excluding hydrogens is 252 g/mol. The smallest absolute Gasteiger partial charge is 0.315 e. The van der Waals surface area contributed by atoms with Gasteiger partial charge in [-0.25, -0.2) is 4.79 Å². The fraction of sp³-hybridized carbons (Fsp3) is 0.636. The van der Waals surface area contributed by atoms with E-state index in [0.29, 0.717) is 24.6 Å². The number of carboxylic acid groups (broad SMARTS) is 1. The van der Waals surface area contributed by atoms with Crippen molar-refractivity contribution in [1.29, 1.82) is 0 Å². The summed E-state index contributed by atoms with van der Waals surface area (Å²) < 4.78 is 4.84.